The van der Waals surface area contributed by atoms with E-state index in [9.17, 15) is 14.4 Å². The number of aromatic nitrogens is 2. The van der Waals surface area contributed by atoms with Gasteiger partial charge in [0.2, 0.25) is 5.91 Å². The van der Waals surface area contributed by atoms with E-state index in [1.807, 2.05) is 49.4 Å². The quantitative estimate of drug-likeness (QED) is 0.684. The van der Waals surface area contributed by atoms with Gasteiger partial charge in [-0.15, -0.1) is 0 Å². The van der Waals surface area contributed by atoms with E-state index in [0.29, 0.717) is 34.8 Å². The summed E-state index contributed by atoms with van der Waals surface area (Å²) < 4.78 is 1.92. The Morgan fingerprint density at radius 1 is 1.17 bits per heavy atom. The molecule has 2 aliphatic rings. The Labute approximate surface area is 210 Å². The molecule has 1 unspecified atom stereocenters. The van der Waals surface area contributed by atoms with Crippen molar-refractivity contribution in [3.8, 4) is 0 Å². The van der Waals surface area contributed by atoms with Gasteiger partial charge in [0.1, 0.15) is 0 Å². The van der Waals surface area contributed by atoms with Crippen molar-refractivity contribution >= 4 is 45.9 Å². The summed E-state index contributed by atoms with van der Waals surface area (Å²) in [6.45, 7) is 11.0. The first-order valence-corrected chi connectivity index (χ1v) is 12.3. The number of nitrogens with one attached hydrogen (secondary N) is 1. The van der Waals surface area contributed by atoms with E-state index >= 15 is 0 Å². The van der Waals surface area contributed by atoms with Crippen molar-refractivity contribution in [1.29, 1.82) is 0 Å². The lowest BCUT2D eigenvalue weighted by atomic mass is 9.93. The van der Waals surface area contributed by atoms with Gasteiger partial charge in [-0.25, -0.2) is 4.99 Å². The highest BCUT2D eigenvalue weighted by atomic mass is 35.5. The van der Waals surface area contributed by atoms with Gasteiger partial charge in [0.15, 0.2) is 0 Å². The van der Waals surface area contributed by atoms with E-state index in [-0.39, 0.29) is 30.3 Å². The van der Waals surface area contributed by atoms with Crippen LogP contribution in [0.1, 0.15) is 63.9 Å². The highest BCUT2D eigenvalue weighted by Gasteiger charge is 2.32. The van der Waals surface area contributed by atoms with Crippen LogP contribution >= 0.6 is 11.6 Å². The molecular formula is C26H32ClN5O3. The molecule has 186 valence electrons. The summed E-state index contributed by atoms with van der Waals surface area (Å²) in [4.78, 5) is 44.0. The van der Waals surface area contributed by atoms with E-state index in [1.165, 1.54) is 0 Å². The van der Waals surface area contributed by atoms with Gasteiger partial charge in [-0.05, 0) is 44.9 Å². The largest absolute Gasteiger partial charge is 0.351 e. The molecule has 1 atom stereocenters. The number of fused-ring (bicyclic) bond motifs is 1. The molecular weight excluding hydrogens is 466 g/mol. The van der Waals surface area contributed by atoms with E-state index < -0.39 is 11.3 Å². The van der Waals surface area contributed by atoms with E-state index in [4.69, 9.17) is 11.6 Å². The molecule has 35 heavy (non-hydrogen) atoms. The van der Waals surface area contributed by atoms with Crippen molar-refractivity contribution < 1.29 is 14.4 Å². The van der Waals surface area contributed by atoms with Crippen LogP contribution in [0.15, 0.2) is 35.0 Å². The van der Waals surface area contributed by atoms with Gasteiger partial charge >= 0.3 is 0 Å². The first-order valence-electron chi connectivity index (χ1n) is 12.0. The number of halogens is 1. The normalized spacial score (nSPS) is 19.5. The third-order valence-corrected chi connectivity index (χ3v) is 6.92. The maximum atomic E-state index is 13.1. The van der Waals surface area contributed by atoms with Gasteiger partial charge < -0.3 is 10.2 Å². The number of dihydropyridines is 1. The number of nitrogens with zero attached hydrogens (tertiary/aromatic N) is 4. The zero-order valence-electron chi connectivity index (χ0n) is 20.9. The standard InChI is InChI=1S/C26H32ClN5O3/c1-15-10-16(2)30-24(34)20(15)13-28-23(33)19-11-17(27)12-22-21(19)14-29-32(22)18-6-8-31(9-7-18)25(35)26(3,4)5/h10-12,14,18,20H,6-9,13H2,1-5H3,(H,28,33). The summed E-state index contributed by atoms with van der Waals surface area (Å²) in [7, 11) is 0. The minimum atomic E-state index is -0.471. The fraction of sp³-hybridized carbons (Fsp3) is 0.500. The van der Waals surface area contributed by atoms with Crippen LogP contribution in [0.25, 0.3) is 10.9 Å². The summed E-state index contributed by atoms with van der Waals surface area (Å²) in [5.41, 5.74) is 2.36. The SMILES string of the molecule is CC1=CC(C)=NC(=O)C1CNC(=O)c1cc(Cl)cc2c1cnn2C1CCN(C(=O)C(C)(C)C)CC1. The van der Waals surface area contributed by atoms with E-state index in [0.717, 1.165) is 23.9 Å². The number of aliphatic imine (C=N–C) groups is 1. The summed E-state index contributed by atoms with van der Waals surface area (Å²) >= 11 is 6.41. The third-order valence-electron chi connectivity index (χ3n) is 6.70. The summed E-state index contributed by atoms with van der Waals surface area (Å²) in [6, 6.07) is 3.56. The zero-order valence-corrected chi connectivity index (χ0v) is 21.6. The number of amides is 3. The molecule has 8 nitrogen and oxygen atoms in total. The van der Waals surface area contributed by atoms with Crippen molar-refractivity contribution in [3.63, 3.8) is 0 Å². The molecule has 4 rings (SSSR count). The van der Waals surface area contributed by atoms with Crippen LogP contribution in [0.4, 0.5) is 0 Å². The average Bonchev–Trinajstić information content (AvgIpc) is 3.20. The van der Waals surface area contributed by atoms with Crippen LogP contribution in [0.3, 0.4) is 0 Å². The van der Waals surface area contributed by atoms with Crippen LogP contribution in [0.2, 0.25) is 5.02 Å². The molecule has 3 heterocycles. The number of likely N-dealkylation sites (tertiary alicyclic amines) is 1. The molecule has 2 aromatic rings. The van der Waals surface area contributed by atoms with Gasteiger partial charge in [-0.1, -0.05) is 37.9 Å². The number of hydrogen-bond donors (Lipinski definition) is 1. The maximum Gasteiger partial charge on any atom is 0.254 e. The number of allylic oxidation sites excluding steroid dienone is 1. The molecule has 1 saturated heterocycles. The predicted molar refractivity (Wildman–Crippen MR) is 137 cm³/mol. The van der Waals surface area contributed by atoms with Crippen LogP contribution in [-0.4, -0.2) is 57.7 Å². The number of hydrogen-bond acceptors (Lipinski definition) is 4. The van der Waals surface area contributed by atoms with Gasteiger partial charge in [-0.2, -0.15) is 5.10 Å². The lowest BCUT2D eigenvalue weighted by Crippen LogP contribution is -2.44. The zero-order chi connectivity index (χ0) is 25.5. The lowest BCUT2D eigenvalue weighted by Gasteiger charge is -2.36. The Hall–Kier alpha value is -3.00. The Balaban J connectivity index is 1.51. The van der Waals surface area contributed by atoms with E-state index in [2.05, 4.69) is 15.4 Å². The summed E-state index contributed by atoms with van der Waals surface area (Å²) in [5.74, 6) is -0.871. The number of carbonyl (C=O) groups is 3. The second-order valence-corrected chi connectivity index (χ2v) is 10.9. The van der Waals surface area contributed by atoms with Crippen molar-refractivity contribution in [2.45, 2.75) is 53.5 Å². The van der Waals surface area contributed by atoms with Crippen molar-refractivity contribution in [2.24, 2.45) is 16.3 Å². The minimum Gasteiger partial charge on any atom is -0.351 e. The topological polar surface area (TPSA) is 96.7 Å². The van der Waals surface area contributed by atoms with Crippen LogP contribution in [0, 0.1) is 11.3 Å². The Morgan fingerprint density at radius 2 is 1.86 bits per heavy atom. The van der Waals surface area contributed by atoms with E-state index in [1.54, 1.807) is 19.2 Å². The predicted octanol–water partition coefficient (Wildman–Crippen LogP) is 4.19. The Morgan fingerprint density at radius 3 is 2.49 bits per heavy atom. The Bertz CT molecular complexity index is 1250. The molecule has 1 N–H and O–H groups in total. The van der Waals surface area contributed by atoms with Gasteiger partial charge in [-0.3, -0.25) is 19.1 Å². The smallest absolute Gasteiger partial charge is 0.254 e. The maximum absolute atomic E-state index is 13.1. The fourth-order valence-corrected chi connectivity index (χ4v) is 5.04. The molecule has 1 aromatic heterocycles. The van der Waals surface area contributed by atoms with Crippen LogP contribution in [-0.2, 0) is 9.59 Å². The molecule has 1 aromatic carbocycles. The number of rotatable bonds is 4. The van der Waals surface area contributed by atoms with Crippen LogP contribution < -0.4 is 5.32 Å². The monoisotopic (exact) mass is 497 g/mol. The molecule has 9 heteroatoms. The number of benzene rings is 1. The fourth-order valence-electron chi connectivity index (χ4n) is 4.82. The minimum absolute atomic E-state index is 0.111. The first-order chi connectivity index (χ1) is 16.5. The Kier molecular flexibility index (Phi) is 6.86. The second kappa shape index (κ2) is 9.57. The molecule has 0 spiro atoms. The van der Waals surface area contributed by atoms with Crippen molar-refractivity contribution in [3.05, 3.63) is 40.6 Å². The molecule has 2 aliphatic heterocycles. The second-order valence-electron chi connectivity index (χ2n) is 10.5. The number of piperidine rings is 1. The molecule has 0 radical (unpaired) electrons. The molecule has 3 amide bonds. The molecule has 1 fully saturated rings. The molecule has 0 bridgehead atoms. The number of carbonyl (C=O) groups excluding carboxylic acids is 3. The summed E-state index contributed by atoms with van der Waals surface area (Å²) in [5, 5.41) is 8.62. The first kappa shape index (κ1) is 25.1. The highest BCUT2D eigenvalue weighted by Crippen LogP contribution is 2.31. The van der Waals surface area contributed by atoms with Gasteiger partial charge in [0.25, 0.3) is 11.8 Å². The lowest BCUT2D eigenvalue weighted by molar-refractivity contribution is -0.140. The van der Waals surface area contributed by atoms with Gasteiger partial charge in [0, 0.05) is 41.2 Å². The van der Waals surface area contributed by atoms with Gasteiger partial charge in [0.05, 0.1) is 29.2 Å². The van der Waals surface area contributed by atoms with Crippen molar-refractivity contribution in [2.75, 3.05) is 19.6 Å². The average molecular weight is 498 g/mol. The molecule has 0 aliphatic carbocycles. The highest BCUT2D eigenvalue weighted by molar-refractivity contribution is 6.32. The van der Waals surface area contributed by atoms with Crippen molar-refractivity contribution in [1.82, 2.24) is 20.0 Å². The third kappa shape index (κ3) is 5.17. The van der Waals surface area contributed by atoms with Crippen LogP contribution in [0.5, 0.6) is 0 Å². The molecule has 0 saturated carbocycles. The summed E-state index contributed by atoms with van der Waals surface area (Å²) in [6.07, 6.45) is 5.11.